The molecule has 1 aromatic carbocycles. The number of carbonyl (C=O) groups excluding carboxylic acids is 1. The van der Waals surface area contributed by atoms with E-state index in [2.05, 4.69) is 59.9 Å². The Morgan fingerprint density at radius 3 is 2.67 bits per heavy atom. The Morgan fingerprint density at radius 2 is 2.00 bits per heavy atom. The second kappa shape index (κ2) is 13.0. The smallest absolute Gasteiger partial charge is 0.221 e. The van der Waals surface area contributed by atoms with Crippen molar-refractivity contribution < 1.29 is 9.53 Å². The van der Waals surface area contributed by atoms with E-state index in [1.165, 1.54) is 5.56 Å². The summed E-state index contributed by atoms with van der Waals surface area (Å²) in [5.41, 5.74) is 2.23. The largest absolute Gasteiger partial charge is 0.493 e. The van der Waals surface area contributed by atoms with Crippen LogP contribution >= 0.6 is 0 Å². The van der Waals surface area contributed by atoms with Gasteiger partial charge in [-0.15, -0.1) is 0 Å². The summed E-state index contributed by atoms with van der Waals surface area (Å²) in [6.07, 6.45) is 2.33. The molecular weight excluding hydrogens is 340 g/mol. The fraction of sp³-hybridized carbons (Fsp3) is 0.619. The van der Waals surface area contributed by atoms with Crippen LogP contribution in [0, 0.1) is 6.92 Å². The summed E-state index contributed by atoms with van der Waals surface area (Å²) in [5.74, 6) is 1.65. The zero-order valence-electron chi connectivity index (χ0n) is 17.5. The van der Waals surface area contributed by atoms with Crippen LogP contribution < -0.4 is 20.7 Å². The number of carbonyl (C=O) groups is 1. The molecule has 3 N–H and O–H groups in total. The fourth-order valence-corrected chi connectivity index (χ4v) is 2.39. The van der Waals surface area contributed by atoms with E-state index in [0.29, 0.717) is 32.1 Å². The Bertz CT molecular complexity index is 602. The van der Waals surface area contributed by atoms with Crippen molar-refractivity contribution in [1.82, 2.24) is 16.0 Å². The van der Waals surface area contributed by atoms with Gasteiger partial charge in [-0.2, -0.15) is 0 Å². The van der Waals surface area contributed by atoms with Gasteiger partial charge in [0.15, 0.2) is 5.96 Å². The first-order chi connectivity index (χ1) is 13.0. The molecule has 0 saturated carbocycles. The lowest BCUT2D eigenvalue weighted by atomic mass is 10.1. The van der Waals surface area contributed by atoms with E-state index in [1.54, 1.807) is 0 Å². The molecule has 0 aliphatic rings. The number of ether oxygens (including phenoxy) is 1. The van der Waals surface area contributed by atoms with Crippen LogP contribution in [0.2, 0.25) is 0 Å². The molecule has 0 aliphatic carbocycles. The van der Waals surface area contributed by atoms with Gasteiger partial charge in [0.2, 0.25) is 5.91 Å². The predicted octanol–water partition coefficient (Wildman–Crippen LogP) is 3.14. The molecule has 0 saturated heterocycles. The average Bonchev–Trinajstić information content (AvgIpc) is 2.65. The molecule has 0 spiro atoms. The Morgan fingerprint density at radius 1 is 1.22 bits per heavy atom. The second-order valence-electron chi connectivity index (χ2n) is 6.71. The zero-order chi connectivity index (χ0) is 20.1. The summed E-state index contributed by atoms with van der Waals surface area (Å²) in [6, 6.07) is 6.40. The number of hydrogen-bond acceptors (Lipinski definition) is 3. The third-order valence-electron chi connectivity index (χ3n) is 4.10. The molecule has 1 atom stereocenters. The Balaban J connectivity index is 2.64. The Hall–Kier alpha value is -2.24. The highest BCUT2D eigenvalue weighted by Crippen LogP contribution is 2.21. The number of nitrogens with one attached hydrogen (secondary N) is 3. The highest BCUT2D eigenvalue weighted by atomic mass is 16.5. The van der Waals surface area contributed by atoms with E-state index in [0.717, 1.165) is 30.7 Å². The molecule has 1 amide bonds. The maximum atomic E-state index is 11.9. The molecule has 0 bridgehead atoms. The number of aliphatic imine (C=N–C) groups is 1. The van der Waals surface area contributed by atoms with Crippen LogP contribution in [0.15, 0.2) is 23.2 Å². The lowest BCUT2D eigenvalue weighted by Gasteiger charge is -2.14. The minimum absolute atomic E-state index is 0.0569. The highest BCUT2D eigenvalue weighted by molar-refractivity contribution is 5.81. The van der Waals surface area contributed by atoms with Gasteiger partial charge in [0.25, 0.3) is 0 Å². The normalized spacial score (nSPS) is 12.4. The lowest BCUT2D eigenvalue weighted by molar-refractivity contribution is -0.121. The van der Waals surface area contributed by atoms with E-state index < -0.39 is 0 Å². The number of rotatable bonds is 11. The number of hydrogen-bond donors (Lipinski definition) is 3. The van der Waals surface area contributed by atoms with Crippen molar-refractivity contribution in [1.29, 1.82) is 0 Å². The van der Waals surface area contributed by atoms with Crippen molar-refractivity contribution in [3.8, 4) is 5.75 Å². The molecule has 1 unspecified atom stereocenters. The van der Waals surface area contributed by atoms with Crippen LogP contribution in [-0.2, 0) is 11.3 Å². The van der Waals surface area contributed by atoms with E-state index in [9.17, 15) is 4.79 Å². The summed E-state index contributed by atoms with van der Waals surface area (Å²) >= 11 is 0. The van der Waals surface area contributed by atoms with Crippen molar-refractivity contribution in [3.05, 3.63) is 29.3 Å². The molecule has 1 aromatic rings. The average molecular weight is 377 g/mol. The number of amides is 1. The number of benzene rings is 1. The maximum absolute atomic E-state index is 11.9. The van der Waals surface area contributed by atoms with E-state index in [-0.39, 0.29) is 11.9 Å². The van der Waals surface area contributed by atoms with Crippen LogP contribution in [0.5, 0.6) is 5.75 Å². The standard InChI is InChI=1S/C21H36N4O2/c1-6-13-27-19-14-16(4)9-10-18(19)15-24-21(22-8-3)23-12-11-20(26)25-17(5)7-2/h9-10,14,17H,6-8,11-13,15H2,1-5H3,(H,25,26)(H2,22,23,24). The summed E-state index contributed by atoms with van der Waals surface area (Å²) in [6.45, 7) is 12.8. The topological polar surface area (TPSA) is 74.8 Å². The van der Waals surface area contributed by atoms with Crippen LogP contribution in [0.1, 0.15) is 58.1 Å². The number of nitrogens with zero attached hydrogens (tertiary/aromatic N) is 1. The van der Waals surface area contributed by atoms with Crippen LogP contribution in [0.3, 0.4) is 0 Å². The molecule has 1 rings (SSSR count). The zero-order valence-corrected chi connectivity index (χ0v) is 17.5. The van der Waals surface area contributed by atoms with Gasteiger partial charge in [-0.1, -0.05) is 26.0 Å². The van der Waals surface area contributed by atoms with Crippen molar-refractivity contribution >= 4 is 11.9 Å². The molecule has 6 nitrogen and oxygen atoms in total. The monoisotopic (exact) mass is 376 g/mol. The number of aryl methyl sites for hydroxylation is 1. The SMILES string of the molecule is CCCOc1cc(C)ccc1CN=C(NCC)NCCC(=O)NC(C)CC. The summed E-state index contributed by atoms with van der Waals surface area (Å²) < 4.78 is 5.86. The van der Waals surface area contributed by atoms with E-state index in [4.69, 9.17) is 4.74 Å². The molecule has 0 aromatic heterocycles. The first-order valence-electron chi connectivity index (χ1n) is 10.0. The molecule has 0 fully saturated rings. The van der Waals surface area contributed by atoms with Gasteiger partial charge in [0.1, 0.15) is 5.75 Å². The van der Waals surface area contributed by atoms with Crippen molar-refractivity contribution in [2.24, 2.45) is 4.99 Å². The van der Waals surface area contributed by atoms with Crippen LogP contribution in [0.4, 0.5) is 0 Å². The van der Waals surface area contributed by atoms with Gasteiger partial charge in [-0.25, -0.2) is 4.99 Å². The highest BCUT2D eigenvalue weighted by Gasteiger charge is 2.07. The second-order valence-corrected chi connectivity index (χ2v) is 6.71. The molecular formula is C21H36N4O2. The lowest BCUT2D eigenvalue weighted by Crippen LogP contribution is -2.40. The van der Waals surface area contributed by atoms with Crippen molar-refractivity contribution in [2.45, 2.75) is 66.5 Å². The van der Waals surface area contributed by atoms with Gasteiger partial charge >= 0.3 is 0 Å². The third-order valence-corrected chi connectivity index (χ3v) is 4.10. The van der Waals surface area contributed by atoms with Gasteiger partial charge in [-0.05, 0) is 45.2 Å². The summed E-state index contributed by atoms with van der Waals surface area (Å²) in [4.78, 5) is 16.5. The van der Waals surface area contributed by atoms with Gasteiger partial charge in [-0.3, -0.25) is 4.79 Å². The summed E-state index contributed by atoms with van der Waals surface area (Å²) in [7, 11) is 0. The fourth-order valence-electron chi connectivity index (χ4n) is 2.39. The Labute approximate surface area is 164 Å². The number of guanidine groups is 1. The first-order valence-corrected chi connectivity index (χ1v) is 10.0. The molecule has 0 radical (unpaired) electrons. The Kier molecular flexibility index (Phi) is 11.0. The molecule has 152 valence electrons. The van der Waals surface area contributed by atoms with E-state index in [1.807, 2.05) is 13.8 Å². The molecule has 27 heavy (non-hydrogen) atoms. The minimum atomic E-state index is 0.0569. The van der Waals surface area contributed by atoms with Gasteiger partial charge < -0.3 is 20.7 Å². The quantitative estimate of drug-likeness (QED) is 0.410. The summed E-state index contributed by atoms with van der Waals surface area (Å²) in [5, 5.41) is 9.41. The van der Waals surface area contributed by atoms with Crippen molar-refractivity contribution in [2.75, 3.05) is 19.7 Å². The molecule has 0 heterocycles. The van der Waals surface area contributed by atoms with E-state index >= 15 is 0 Å². The first kappa shape index (κ1) is 22.8. The van der Waals surface area contributed by atoms with Crippen LogP contribution in [-0.4, -0.2) is 37.6 Å². The third kappa shape index (κ3) is 9.31. The van der Waals surface area contributed by atoms with Crippen LogP contribution in [0.25, 0.3) is 0 Å². The molecule has 6 heteroatoms. The maximum Gasteiger partial charge on any atom is 0.221 e. The molecule has 0 aliphatic heterocycles. The predicted molar refractivity (Wildman–Crippen MR) is 112 cm³/mol. The van der Waals surface area contributed by atoms with Gasteiger partial charge in [0.05, 0.1) is 13.2 Å². The van der Waals surface area contributed by atoms with Crippen molar-refractivity contribution in [3.63, 3.8) is 0 Å². The minimum Gasteiger partial charge on any atom is -0.493 e. The van der Waals surface area contributed by atoms with Gasteiger partial charge in [0, 0.05) is 31.1 Å².